The molecule has 2 heterocycles. The molecule has 154 valence electrons. The van der Waals surface area contributed by atoms with Gasteiger partial charge in [-0.15, -0.1) is 11.3 Å². The summed E-state index contributed by atoms with van der Waals surface area (Å²) in [6, 6.07) is 1.00. The Bertz CT molecular complexity index is 892. The second-order valence-corrected chi connectivity index (χ2v) is 11.5. The molecular formula is C15H25N3O6S3. The highest BCUT2D eigenvalue weighted by atomic mass is 32.3. The van der Waals surface area contributed by atoms with E-state index in [1.807, 2.05) is 6.92 Å². The van der Waals surface area contributed by atoms with E-state index in [-0.39, 0.29) is 46.0 Å². The fourth-order valence-electron chi connectivity index (χ4n) is 2.68. The number of likely N-dealkylation sites (N-methyl/N-ethyl adjacent to an activating group) is 1. The number of nitrogens with one attached hydrogen (secondary N) is 1. The number of hydrogen-bond donors (Lipinski definition) is 2. The predicted molar refractivity (Wildman–Crippen MR) is 101 cm³/mol. The van der Waals surface area contributed by atoms with E-state index in [1.54, 1.807) is 13.8 Å². The van der Waals surface area contributed by atoms with E-state index in [1.165, 1.54) is 10.4 Å². The van der Waals surface area contributed by atoms with Crippen LogP contribution in [0.25, 0.3) is 0 Å². The quantitative estimate of drug-likeness (QED) is 0.448. The van der Waals surface area contributed by atoms with Gasteiger partial charge >= 0.3 is 5.97 Å². The number of carbonyl (C=O) groups is 1. The monoisotopic (exact) mass is 439 g/mol. The predicted octanol–water partition coefficient (Wildman–Crippen LogP) is 0.640. The zero-order valence-electron chi connectivity index (χ0n) is 15.5. The average Bonchev–Trinajstić information content (AvgIpc) is 3.02. The number of ether oxygens (including phenoxy) is 1. The number of fused-ring (bicyclic) bond motifs is 1. The van der Waals surface area contributed by atoms with Crippen molar-refractivity contribution in [1.82, 2.24) is 9.62 Å². The van der Waals surface area contributed by atoms with Crippen molar-refractivity contribution in [2.45, 2.75) is 41.7 Å². The second-order valence-electron chi connectivity index (χ2n) is 6.50. The summed E-state index contributed by atoms with van der Waals surface area (Å²) in [6.45, 7) is 6.37. The molecule has 0 radical (unpaired) electrons. The summed E-state index contributed by atoms with van der Waals surface area (Å²) in [5.41, 5.74) is 0.424. The smallest absolute Gasteiger partial charge is 0.308 e. The fourth-order valence-corrected chi connectivity index (χ4v) is 6.99. The van der Waals surface area contributed by atoms with E-state index >= 15 is 0 Å². The summed E-state index contributed by atoms with van der Waals surface area (Å²) < 4.78 is 55.3. The molecule has 3 N–H and O–H groups in total. The highest BCUT2D eigenvalue weighted by Gasteiger charge is 2.39. The summed E-state index contributed by atoms with van der Waals surface area (Å²) >= 11 is 0.663. The Morgan fingerprint density at radius 2 is 2.15 bits per heavy atom. The molecule has 1 atom stereocenters. The van der Waals surface area contributed by atoms with Gasteiger partial charge in [0.25, 0.3) is 10.0 Å². The van der Waals surface area contributed by atoms with Crippen LogP contribution in [0.5, 0.6) is 0 Å². The van der Waals surface area contributed by atoms with Crippen LogP contribution in [0.1, 0.15) is 38.8 Å². The van der Waals surface area contributed by atoms with Gasteiger partial charge in [0.05, 0.1) is 12.5 Å². The van der Waals surface area contributed by atoms with Gasteiger partial charge in [-0.05, 0) is 19.0 Å². The van der Waals surface area contributed by atoms with E-state index in [4.69, 9.17) is 9.88 Å². The van der Waals surface area contributed by atoms with Crippen LogP contribution >= 0.6 is 11.3 Å². The molecule has 1 aromatic rings. The van der Waals surface area contributed by atoms with E-state index in [0.29, 0.717) is 29.9 Å². The number of nitrogens with two attached hydrogens (primary N) is 1. The molecule has 0 saturated carbocycles. The summed E-state index contributed by atoms with van der Waals surface area (Å²) in [4.78, 5) is 11.5. The third-order valence-electron chi connectivity index (χ3n) is 4.04. The Morgan fingerprint density at radius 1 is 1.48 bits per heavy atom. The van der Waals surface area contributed by atoms with Crippen LogP contribution < -0.4 is 10.5 Å². The summed E-state index contributed by atoms with van der Waals surface area (Å²) in [5.74, 6) is -0.576. The number of esters is 1. The maximum atomic E-state index is 12.9. The minimum atomic E-state index is -3.99. The Hall–Kier alpha value is -1.05. The van der Waals surface area contributed by atoms with Crippen LogP contribution in [-0.4, -0.2) is 53.4 Å². The molecule has 0 bridgehead atoms. The van der Waals surface area contributed by atoms with E-state index < -0.39 is 20.0 Å². The van der Waals surface area contributed by atoms with E-state index in [9.17, 15) is 21.6 Å². The molecule has 1 aromatic heterocycles. The first-order valence-electron chi connectivity index (χ1n) is 8.55. The molecule has 0 unspecified atom stereocenters. The molecule has 12 heteroatoms. The normalized spacial score (nSPS) is 19.8. The van der Waals surface area contributed by atoms with Crippen molar-refractivity contribution in [2.75, 3.05) is 26.2 Å². The topological polar surface area (TPSA) is 136 Å². The zero-order valence-corrected chi connectivity index (χ0v) is 17.9. The number of nitrogens with zero attached hydrogens (tertiary/aromatic N) is 1. The number of carbonyl (C=O) groups excluding carboxylic acids is 1. The fraction of sp³-hybridized carbons (Fsp3) is 0.667. The molecule has 1 aliphatic rings. The molecule has 9 nitrogen and oxygen atoms in total. The first-order chi connectivity index (χ1) is 12.5. The number of rotatable bonds is 8. The molecular weight excluding hydrogens is 414 g/mol. The lowest BCUT2D eigenvalue weighted by molar-refractivity contribution is -0.147. The van der Waals surface area contributed by atoms with Gasteiger partial charge < -0.3 is 10.1 Å². The Morgan fingerprint density at radius 3 is 2.70 bits per heavy atom. The maximum absolute atomic E-state index is 12.9. The van der Waals surface area contributed by atoms with Crippen LogP contribution in [0.2, 0.25) is 0 Å². The maximum Gasteiger partial charge on any atom is 0.308 e. The van der Waals surface area contributed by atoms with Crippen LogP contribution in [0.4, 0.5) is 0 Å². The number of primary sulfonamides is 1. The molecule has 0 aliphatic carbocycles. The van der Waals surface area contributed by atoms with Gasteiger partial charge in [-0.3, -0.25) is 4.79 Å². The van der Waals surface area contributed by atoms with Gasteiger partial charge in [0, 0.05) is 24.7 Å². The van der Waals surface area contributed by atoms with Crippen LogP contribution in [0, 0.1) is 5.92 Å². The van der Waals surface area contributed by atoms with Gasteiger partial charge in [0.15, 0.2) is 0 Å². The molecule has 0 fully saturated rings. The average molecular weight is 440 g/mol. The molecule has 1 aliphatic heterocycles. The van der Waals surface area contributed by atoms with Gasteiger partial charge in [0.1, 0.15) is 8.42 Å². The molecule has 27 heavy (non-hydrogen) atoms. The van der Waals surface area contributed by atoms with Gasteiger partial charge in [-0.1, -0.05) is 20.8 Å². The lowest BCUT2D eigenvalue weighted by atomic mass is 10.1. The van der Waals surface area contributed by atoms with Crippen molar-refractivity contribution in [1.29, 1.82) is 0 Å². The third-order valence-corrected chi connectivity index (χ3v) is 9.00. The first kappa shape index (κ1) is 22.2. The summed E-state index contributed by atoms with van der Waals surface area (Å²) in [7, 11) is -7.83. The lowest BCUT2D eigenvalue weighted by Gasteiger charge is -2.32. The standard InChI is InChI=1S/C15H25N3O6S3/c1-4-17-12-9-18(6-5-7-24-14(19)10(2)3)27(22,23)15-11(12)8-13(25-15)26(16,20)21/h8,10,12,17H,4-7,9H2,1-3H3,(H2,16,20,21)/t12-/m0/s1. The highest BCUT2D eigenvalue weighted by Crippen LogP contribution is 2.39. The third kappa shape index (κ3) is 5.06. The van der Waals surface area contributed by atoms with E-state index in [0.717, 1.165) is 0 Å². The summed E-state index contributed by atoms with van der Waals surface area (Å²) in [6.07, 6.45) is 0.347. The van der Waals surface area contributed by atoms with Crippen LogP contribution in [0.3, 0.4) is 0 Å². The zero-order chi connectivity index (χ0) is 20.4. The van der Waals surface area contributed by atoms with Crippen molar-refractivity contribution in [3.63, 3.8) is 0 Å². The first-order valence-corrected chi connectivity index (χ1v) is 12.4. The number of hydrogen-bond acceptors (Lipinski definition) is 8. The largest absolute Gasteiger partial charge is 0.465 e. The lowest BCUT2D eigenvalue weighted by Crippen LogP contribution is -2.43. The molecule has 2 rings (SSSR count). The number of thiophene rings is 1. The summed E-state index contributed by atoms with van der Waals surface area (Å²) in [5, 5.41) is 8.34. The van der Waals surface area contributed by atoms with E-state index in [2.05, 4.69) is 5.32 Å². The SMILES string of the molecule is CCN[C@H]1CN(CCCOC(=O)C(C)C)S(=O)(=O)c2sc(S(N)(=O)=O)cc21. The Balaban J connectivity index is 2.21. The van der Waals surface area contributed by atoms with Crippen molar-refractivity contribution >= 4 is 37.4 Å². The molecule has 0 aromatic carbocycles. The molecule has 0 amide bonds. The molecule has 0 spiro atoms. The number of sulfonamides is 2. The minimum absolute atomic E-state index is 0.0112. The Labute approximate surface area is 164 Å². The van der Waals surface area contributed by atoms with Crippen molar-refractivity contribution in [3.05, 3.63) is 11.6 Å². The highest BCUT2D eigenvalue weighted by molar-refractivity contribution is 7.94. The van der Waals surface area contributed by atoms with Gasteiger partial charge in [0.2, 0.25) is 10.0 Å². The van der Waals surface area contributed by atoms with Crippen molar-refractivity contribution in [3.8, 4) is 0 Å². The van der Waals surface area contributed by atoms with Crippen LogP contribution in [-0.2, 0) is 29.6 Å². The minimum Gasteiger partial charge on any atom is -0.465 e. The van der Waals surface area contributed by atoms with Crippen LogP contribution in [0.15, 0.2) is 14.5 Å². The van der Waals surface area contributed by atoms with Crippen molar-refractivity contribution in [2.24, 2.45) is 11.1 Å². The van der Waals surface area contributed by atoms with Crippen molar-refractivity contribution < 1.29 is 26.4 Å². The van der Waals surface area contributed by atoms with Gasteiger partial charge in [-0.2, -0.15) is 4.31 Å². The second kappa shape index (κ2) is 8.53. The van der Waals surface area contributed by atoms with Gasteiger partial charge in [-0.25, -0.2) is 22.0 Å². The molecule has 0 saturated heterocycles. The Kier molecular flexibility index (Phi) is 7.03.